The summed E-state index contributed by atoms with van der Waals surface area (Å²) in [5.74, 6) is 0.689. The number of ether oxygens (including phenoxy) is 3. The highest BCUT2D eigenvalue weighted by Crippen LogP contribution is 2.54. The van der Waals surface area contributed by atoms with Gasteiger partial charge in [-0.3, -0.25) is 9.42 Å². The minimum Gasteiger partial charge on any atom is -0.379 e. The zero-order valence-electron chi connectivity index (χ0n) is 24.2. The Hall–Kier alpha value is -0.610. The molecule has 3 aliphatic rings. The monoisotopic (exact) mass is 527 g/mol. The molecule has 3 rings (SSSR count). The molecule has 0 aliphatic carbocycles. The summed E-state index contributed by atoms with van der Waals surface area (Å²) < 4.78 is 45.9. The topological polar surface area (TPSA) is 79.3 Å². The molecule has 3 unspecified atom stereocenters. The van der Waals surface area contributed by atoms with Gasteiger partial charge >= 0.3 is 7.67 Å². The molecule has 206 valence electrons. The van der Waals surface area contributed by atoms with E-state index in [4.69, 9.17) is 23.5 Å². The highest BCUT2D eigenvalue weighted by molar-refractivity contribution is 7.55. The van der Waals surface area contributed by atoms with Crippen molar-refractivity contribution in [1.82, 2.24) is 19.4 Å². The highest BCUT2D eigenvalue weighted by Gasteiger charge is 2.42. The Bertz CT molecular complexity index is 812. The molecule has 0 bridgehead atoms. The molecular formula is C23H48B2N5O5P. The Labute approximate surface area is 220 Å². The molecule has 3 aliphatic heterocycles. The van der Waals surface area contributed by atoms with Crippen molar-refractivity contribution in [2.75, 3.05) is 66.6 Å². The second-order valence-electron chi connectivity index (χ2n) is 12.5. The van der Waals surface area contributed by atoms with E-state index in [-0.39, 0.29) is 42.0 Å². The quantitative estimate of drug-likeness (QED) is 0.343. The van der Waals surface area contributed by atoms with Gasteiger partial charge in [0.05, 0.1) is 31.0 Å². The standard InChI is InChI=1S/C23H48B2N5O5P/c1-22(2,3)29-11-17(34-19(24)13-29)16-33-36(31,26-21-27(7)9-10-28(21)8)30-12-18(35-20(25)14-30)15-32-23(4,5)6/h17-20H,9-16,24-25H2,1-8H3/t17?,18?,19-,20-,36?/m1/s1. The molecule has 10 nitrogen and oxygen atoms in total. The van der Waals surface area contributed by atoms with E-state index in [0.717, 1.165) is 26.2 Å². The second kappa shape index (κ2) is 11.6. The lowest BCUT2D eigenvalue weighted by Crippen LogP contribution is -2.56. The molecule has 5 atom stereocenters. The first-order chi connectivity index (χ1) is 16.6. The number of guanidine groups is 1. The Morgan fingerprint density at radius 2 is 1.47 bits per heavy atom. The van der Waals surface area contributed by atoms with Crippen LogP contribution in [0.2, 0.25) is 0 Å². The predicted molar refractivity (Wildman–Crippen MR) is 149 cm³/mol. The summed E-state index contributed by atoms with van der Waals surface area (Å²) in [6.07, 6.45) is -0.398. The fourth-order valence-electron chi connectivity index (χ4n) is 4.76. The van der Waals surface area contributed by atoms with Crippen LogP contribution in [0.25, 0.3) is 0 Å². The molecule has 36 heavy (non-hydrogen) atoms. The number of hydrogen-bond acceptors (Lipinski definition) is 6. The molecule has 13 heteroatoms. The van der Waals surface area contributed by atoms with Crippen LogP contribution in [0.15, 0.2) is 4.76 Å². The van der Waals surface area contributed by atoms with Gasteiger partial charge in [0.15, 0.2) is 0 Å². The van der Waals surface area contributed by atoms with E-state index in [2.05, 4.69) is 33.5 Å². The molecule has 0 aromatic heterocycles. The van der Waals surface area contributed by atoms with E-state index in [9.17, 15) is 4.57 Å². The van der Waals surface area contributed by atoms with Gasteiger partial charge in [-0.25, -0.2) is 9.24 Å². The third-order valence-corrected chi connectivity index (χ3v) is 8.70. The molecule has 0 aromatic carbocycles. The maximum Gasteiger partial charge on any atom is 0.392 e. The molecule has 3 fully saturated rings. The normalized spacial score (nSPS) is 31.1. The molecule has 3 saturated heterocycles. The Balaban J connectivity index is 1.81. The maximum atomic E-state index is 14.6. The highest BCUT2D eigenvalue weighted by atomic mass is 31.2. The largest absolute Gasteiger partial charge is 0.392 e. The van der Waals surface area contributed by atoms with Crippen molar-refractivity contribution in [3.8, 4) is 0 Å². The number of hydrogen-bond donors (Lipinski definition) is 0. The van der Waals surface area contributed by atoms with E-state index in [1.807, 2.05) is 57.2 Å². The molecule has 0 radical (unpaired) electrons. The number of likely N-dealkylation sites (N-methyl/N-ethyl adjacent to an activating group) is 2. The van der Waals surface area contributed by atoms with Crippen LogP contribution in [0.5, 0.6) is 0 Å². The number of morpholine rings is 2. The van der Waals surface area contributed by atoms with Crippen molar-refractivity contribution in [3.05, 3.63) is 0 Å². The second-order valence-corrected chi connectivity index (χ2v) is 14.5. The van der Waals surface area contributed by atoms with Gasteiger partial charge in [-0.1, -0.05) is 0 Å². The maximum absolute atomic E-state index is 14.6. The first kappa shape index (κ1) is 29.9. The van der Waals surface area contributed by atoms with E-state index in [0.29, 0.717) is 25.7 Å². The zero-order chi connectivity index (χ0) is 26.9. The van der Waals surface area contributed by atoms with Gasteiger partial charge in [0.25, 0.3) is 0 Å². The van der Waals surface area contributed by atoms with Crippen LogP contribution in [-0.2, 0) is 23.3 Å². The van der Waals surface area contributed by atoms with Gasteiger partial charge in [-0.2, -0.15) is 4.76 Å². The third kappa shape index (κ3) is 8.19. The van der Waals surface area contributed by atoms with E-state index in [1.54, 1.807) is 0 Å². The van der Waals surface area contributed by atoms with E-state index >= 15 is 0 Å². The first-order valence-electron chi connectivity index (χ1n) is 13.3. The average Bonchev–Trinajstić information content (AvgIpc) is 3.06. The van der Waals surface area contributed by atoms with E-state index < -0.39 is 7.67 Å². The molecular weight excluding hydrogens is 479 g/mol. The third-order valence-electron chi connectivity index (χ3n) is 6.74. The fourth-order valence-corrected chi connectivity index (χ4v) is 6.82. The summed E-state index contributed by atoms with van der Waals surface area (Å²) in [6, 6.07) is -0.0440. The molecule has 0 aromatic rings. The Morgan fingerprint density at radius 1 is 0.917 bits per heavy atom. The number of nitrogens with zero attached hydrogens (tertiary/aromatic N) is 5. The van der Waals surface area contributed by atoms with Crippen LogP contribution in [0.1, 0.15) is 41.5 Å². The lowest BCUT2D eigenvalue weighted by molar-refractivity contribution is -0.106. The van der Waals surface area contributed by atoms with Gasteiger partial charge in [0.2, 0.25) is 5.96 Å². The summed E-state index contributed by atoms with van der Waals surface area (Å²) in [6.45, 7) is 17.5. The van der Waals surface area contributed by atoms with Crippen molar-refractivity contribution >= 4 is 29.3 Å². The zero-order valence-corrected chi connectivity index (χ0v) is 25.1. The van der Waals surface area contributed by atoms with Crippen LogP contribution < -0.4 is 0 Å². The summed E-state index contributed by atoms with van der Waals surface area (Å²) in [7, 11) is 4.42. The molecule has 0 amide bonds. The smallest absolute Gasteiger partial charge is 0.379 e. The van der Waals surface area contributed by atoms with Crippen LogP contribution >= 0.6 is 7.67 Å². The molecule has 0 N–H and O–H groups in total. The SMILES string of the molecule is B[C@H]1CN(C(C)(C)C)CC(COP(=O)(N=C2N(C)CCN2C)N2CC(COC(C)(C)C)O[C@@H](B)C2)O1. The van der Waals surface area contributed by atoms with Gasteiger partial charge in [0.1, 0.15) is 15.7 Å². The molecule has 0 spiro atoms. The van der Waals surface area contributed by atoms with Crippen molar-refractivity contribution < 1.29 is 23.3 Å². The van der Waals surface area contributed by atoms with Crippen LogP contribution in [-0.4, -0.2) is 143 Å². The van der Waals surface area contributed by atoms with Gasteiger partial charge < -0.3 is 24.0 Å². The van der Waals surface area contributed by atoms with Crippen molar-refractivity contribution in [2.45, 2.75) is 76.9 Å². The van der Waals surface area contributed by atoms with Gasteiger partial charge in [-0.05, 0) is 41.5 Å². The average molecular weight is 527 g/mol. The summed E-state index contributed by atoms with van der Waals surface area (Å²) in [5, 5.41) is 0. The van der Waals surface area contributed by atoms with Crippen molar-refractivity contribution in [3.63, 3.8) is 0 Å². The molecule has 0 saturated carbocycles. The summed E-state index contributed by atoms with van der Waals surface area (Å²) in [5.41, 5.74) is -0.256. The Kier molecular flexibility index (Phi) is 9.68. The van der Waals surface area contributed by atoms with Crippen LogP contribution in [0, 0.1) is 0 Å². The summed E-state index contributed by atoms with van der Waals surface area (Å²) in [4.78, 5) is 6.46. The van der Waals surface area contributed by atoms with Crippen molar-refractivity contribution in [1.29, 1.82) is 0 Å². The van der Waals surface area contributed by atoms with Crippen molar-refractivity contribution in [2.24, 2.45) is 4.76 Å². The van der Waals surface area contributed by atoms with E-state index in [1.165, 1.54) is 0 Å². The van der Waals surface area contributed by atoms with Crippen LogP contribution in [0.3, 0.4) is 0 Å². The minimum absolute atomic E-state index is 0.0232. The van der Waals surface area contributed by atoms with Crippen LogP contribution in [0.4, 0.5) is 0 Å². The minimum atomic E-state index is -3.60. The lowest BCUT2D eigenvalue weighted by Gasteiger charge is -2.44. The first-order valence-corrected chi connectivity index (χ1v) is 14.8. The molecule has 3 heterocycles. The number of rotatable bonds is 7. The predicted octanol–water partition coefficient (Wildman–Crippen LogP) is 0.278. The van der Waals surface area contributed by atoms with Gasteiger partial charge in [-0.15, -0.1) is 0 Å². The Morgan fingerprint density at radius 3 is 2.03 bits per heavy atom. The lowest BCUT2D eigenvalue weighted by atomic mass is 9.94. The summed E-state index contributed by atoms with van der Waals surface area (Å²) >= 11 is 0. The van der Waals surface area contributed by atoms with Gasteiger partial charge in [0, 0.05) is 70.9 Å². The fraction of sp³-hybridized carbons (Fsp3) is 0.957.